The topological polar surface area (TPSA) is 42.0 Å². The molecule has 1 amide bonds. The van der Waals surface area contributed by atoms with E-state index in [9.17, 15) is 9.18 Å². The minimum Gasteiger partial charge on any atom is -0.490 e. The lowest BCUT2D eigenvalue weighted by atomic mass is 10.1. The van der Waals surface area contributed by atoms with Gasteiger partial charge in [0.15, 0.2) is 0 Å². The number of carbonyl (C=O) groups excluding carboxylic acids is 1. The second-order valence-corrected chi connectivity index (χ2v) is 7.20. The Labute approximate surface area is 164 Å². The lowest BCUT2D eigenvalue weighted by Gasteiger charge is -2.36. The largest absolute Gasteiger partial charge is 0.490 e. The Balaban J connectivity index is 1.37. The van der Waals surface area contributed by atoms with Crippen LogP contribution in [-0.4, -0.2) is 56.3 Å². The van der Waals surface area contributed by atoms with Crippen molar-refractivity contribution >= 4 is 11.6 Å². The fraction of sp³-hybridized carbons (Fsp3) is 0.409. The number of amides is 1. The fourth-order valence-corrected chi connectivity index (χ4v) is 3.72. The highest BCUT2D eigenvalue weighted by molar-refractivity contribution is 5.97. The van der Waals surface area contributed by atoms with Crippen LogP contribution in [0.15, 0.2) is 48.5 Å². The summed E-state index contributed by atoms with van der Waals surface area (Å²) in [4.78, 5) is 17.1. The molecule has 1 atom stereocenters. The van der Waals surface area contributed by atoms with Crippen molar-refractivity contribution in [1.29, 1.82) is 0 Å². The molecular formula is C22H25FN2O3. The molecule has 5 nitrogen and oxygen atoms in total. The number of hydrogen-bond acceptors (Lipinski definition) is 4. The normalized spacial score (nSPS) is 19.7. The van der Waals surface area contributed by atoms with Gasteiger partial charge in [0, 0.05) is 38.5 Å². The second-order valence-electron chi connectivity index (χ2n) is 7.20. The number of halogens is 1. The number of ether oxygens (including phenoxy) is 2. The zero-order valence-corrected chi connectivity index (χ0v) is 15.9. The maximum atomic E-state index is 13.1. The molecule has 2 aromatic carbocycles. The number of benzene rings is 2. The molecule has 4 rings (SSSR count). The van der Waals surface area contributed by atoms with Gasteiger partial charge in [-0.15, -0.1) is 0 Å². The fourth-order valence-electron chi connectivity index (χ4n) is 3.72. The third-order valence-electron chi connectivity index (χ3n) is 5.32. The van der Waals surface area contributed by atoms with Gasteiger partial charge in [-0.1, -0.05) is 12.1 Å². The van der Waals surface area contributed by atoms with Gasteiger partial charge >= 0.3 is 0 Å². The monoisotopic (exact) mass is 384 g/mol. The number of rotatable bonds is 5. The third-order valence-corrected chi connectivity index (χ3v) is 5.32. The Kier molecular flexibility index (Phi) is 5.76. The van der Waals surface area contributed by atoms with E-state index >= 15 is 0 Å². The Morgan fingerprint density at radius 2 is 1.82 bits per heavy atom. The van der Waals surface area contributed by atoms with Gasteiger partial charge in [0.05, 0.1) is 11.7 Å². The summed E-state index contributed by atoms with van der Waals surface area (Å²) >= 11 is 0. The Bertz CT molecular complexity index is 798. The number of nitrogens with zero attached hydrogens (tertiary/aromatic N) is 2. The van der Waals surface area contributed by atoms with E-state index in [0.717, 1.165) is 38.2 Å². The van der Waals surface area contributed by atoms with Crippen LogP contribution >= 0.6 is 0 Å². The Morgan fingerprint density at radius 1 is 1.07 bits per heavy atom. The molecule has 2 saturated heterocycles. The Hall–Kier alpha value is -2.60. The molecule has 0 aromatic heterocycles. The molecule has 2 aromatic rings. The van der Waals surface area contributed by atoms with Crippen LogP contribution in [0.4, 0.5) is 10.1 Å². The first-order chi connectivity index (χ1) is 13.7. The summed E-state index contributed by atoms with van der Waals surface area (Å²) in [5, 5.41) is 0. The van der Waals surface area contributed by atoms with E-state index in [2.05, 4.69) is 4.90 Å². The summed E-state index contributed by atoms with van der Waals surface area (Å²) in [7, 11) is 0. The standard InChI is InChI=1S/C22H25FN2O3/c23-17-7-9-18(10-8-17)24-11-13-25(14-12-24)22(26)20-5-1-2-6-21(20)28-16-19-4-3-15-27-19/h1-2,5-10,19H,3-4,11-16H2. The first-order valence-electron chi connectivity index (χ1n) is 9.84. The predicted octanol–water partition coefficient (Wildman–Crippen LogP) is 3.35. The van der Waals surface area contributed by atoms with E-state index in [1.807, 2.05) is 29.2 Å². The van der Waals surface area contributed by atoms with E-state index in [4.69, 9.17) is 9.47 Å². The first kappa shape index (κ1) is 18.7. The van der Waals surface area contributed by atoms with Crippen molar-refractivity contribution < 1.29 is 18.7 Å². The minimum absolute atomic E-state index is 0.0123. The lowest BCUT2D eigenvalue weighted by molar-refractivity contribution is 0.0648. The summed E-state index contributed by atoms with van der Waals surface area (Å²) in [6.45, 7) is 3.94. The zero-order valence-electron chi connectivity index (χ0n) is 15.9. The van der Waals surface area contributed by atoms with E-state index in [1.165, 1.54) is 12.1 Å². The van der Waals surface area contributed by atoms with Crippen molar-refractivity contribution in [2.75, 3.05) is 44.3 Å². The van der Waals surface area contributed by atoms with Crippen LogP contribution < -0.4 is 9.64 Å². The smallest absolute Gasteiger partial charge is 0.257 e. The minimum atomic E-state index is -0.239. The SMILES string of the molecule is O=C(c1ccccc1OCC1CCCO1)N1CCN(c2ccc(F)cc2)CC1. The van der Waals surface area contributed by atoms with E-state index in [1.54, 1.807) is 12.1 Å². The number of anilines is 1. The summed E-state index contributed by atoms with van der Waals surface area (Å²) in [5.74, 6) is 0.364. The highest BCUT2D eigenvalue weighted by Crippen LogP contribution is 2.23. The molecule has 2 fully saturated rings. The molecule has 2 heterocycles. The van der Waals surface area contributed by atoms with Crippen LogP contribution in [0.1, 0.15) is 23.2 Å². The molecule has 2 aliphatic heterocycles. The van der Waals surface area contributed by atoms with Crippen molar-refractivity contribution in [3.8, 4) is 5.75 Å². The first-order valence-corrected chi connectivity index (χ1v) is 9.84. The van der Waals surface area contributed by atoms with Gasteiger partial charge in [0.2, 0.25) is 0 Å². The van der Waals surface area contributed by atoms with E-state index < -0.39 is 0 Å². The zero-order chi connectivity index (χ0) is 19.3. The molecule has 1 unspecified atom stereocenters. The van der Waals surface area contributed by atoms with Crippen LogP contribution in [0.5, 0.6) is 5.75 Å². The van der Waals surface area contributed by atoms with Crippen LogP contribution in [0, 0.1) is 5.82 Å². The quantitative estimate of drug-likeness (QED) is 0.793. The number of para-hydroxylation sites is 1. The number of hydrogen-bond donors (Lipinski definition) is 0. The Morgan fingerprint density at radius 3 is 2.54 bits per heavy atom. The summed E-state index contributed by atoms with van der Waals surface area (Å²) in [5.41, 5.74) is 1.57. The lowest BCUT2D eigenvalue weighted by Crippen LogP contribution is -2.48. The molecule has 0 N–H and O–H groups in total. The molecule has 0 saturated carbocycles. The molecule has 28 heavy (non-hydrogen) atoms. The molecule has 0 bridgehead atoms. The average Bonchev–Trinajstić information content (AvgIpc) is 3.26. The van der Waals surface area contributed by atoms with Gasteiger partial charge in [-0.3, -0.25) is 4.79 Å². The molecule has 6 heteroatoms. The van der Waals surface area contributed by atoms with Gasteiger partial charge < -0.3 is 19.3 Å². The van der Waals surface area contributed by atoms with Crippen molar-refractivity contribution in [3.63, 3.8) is 0 Å². The van der Waals surface area contributed by atoms with Crippen molar-refractivity contribution in [2.24, 2.45) is 0 Å². The summed E-state index contributed by atoms with van der Waals surface area (Å²) < 4.78 is 24.6. The van der Waals surface area contributed by atoms with Crippen LogP contribution in [-0.2, 0) is 4.74 Å². The molecule has 0 aliphatic carbocycles. The predicted molar refractivity (Wildman–Crippen MR) is 105 cm³/mol. The van der Waals surface area contributed by atoms with Gasteiger partial charge in [-0.25, -0.2) is 4.39 Å². The van der Waals surface area contributed by atoms with Gasteiger partial charge in [-0.2, -0.15) is 0 Å². The number of carbonyl (C=O) groups is 1. The van der Waals surface area contributed by atoms with E-state index in [0.29, 0.717) is 31.0 Å². The van der Waals surface area contributed by atoms with Gasteiger partial charge in [-0.05, 0) is 49.2 Å². The molecule has 0 radical (unpaired) electrons. The second kappa shape index (κ2) is 8.61. The summed E-state index contributed by atoms with van der Waals surface area (Å²) in [6, 6.07) is 13.9. The van der Waals surface area contributed by atoms with Crippen molar-refractivity contribution in [3.05, 3.63) is 59.9 Å². The van der Waals surface area contributed by atoms with Crippen LogP contribution in [0.2, 0.25) is 0 Å². The molecular weight excluding hydrogens is 359 g/mol. The third kappa shape index (κ3) is 4.28. The molecule has 0 spiro atoms. The molecule has 148 valence electrons. The van der Waals surface area contributed by atoms with Crippen LogP contribution in [0.3, 0.4) is 0 Å². The van der Waals surface area contributed by atoms with Gasteiger partial charge in [0.25, 0.3) is 5.91 Å². The summed E-state index contributed by atoms with van der Waals surface area (Å²) in [6.07, 6.45) is 2.18. The maximum Gasteiger partial charge on any atom is 0.257 e. The number of piperazine rings is 1. The van der Waals surface area contributed by atoms with E-state index in [-0.39, 0.29) is 17.8 Å². The van der Waals surface area contributed by atoms with Crippen molar-refractivity contribution in [1.82, 2.24) is 4.90 Å². The van der Waals surface area contributed by atoms with Crippen molar-refractivity contribution in [2.45, 2.75) is 18.9 Å². The molecule has 2 aliphatic rings. The van der Waals surface area contributed by atoms with Gasteiger partial charge in [0.1, 0.15) is 18.2 Å². The highest BCUT2D eigenvalue weighted by atomic mass is 19.1. The average molecular weight is 384 g/mol. The van der Waals surface area contributed by atoms with Crippen LogP contribution in [0.25, 0.3) is 0 Å². The highest BCUT2D eigenvalue weighted by Gasteiger charge is 2.25. The maximum absolute atomic E-state index is 13.1.